The Morgan fingerprint density at radius 2 is 1.94 bits per heavy atom. The van der Waals surface area contributed by atoms with Crippen LogP contribution in [-0.2, 0) is 0 Å². The molecule has 2 rings (SSSR count). The number of hydrogen-bond acceptors (Lipinski definition) is 2. The molecule has 0 aromatic rings. The van der Waals surface area contributed by atoms with Gasteiger partial charge in [-0.15, -0.1) is 0 Å². The summed E-state index contributed by atoms with van der Waals surface area (Å²) in [7, 11) is 0. The molecule has 2 aliphatic rings. The molecule has 0 saturated heterocycles. The Morgan fingerprint density at radius 3 is 2.62 bits per heavy atom. The molecule has 3 unspecified atom stereocenters. The molecule has 0 aliphatic heterocycles. The lowest BCUT2D eigenvalue weighted by Gasteiger charge is -2.25. The van der Waals surface area contributed by atoms with Gasteiger partial charge in [-0.05, 0) is 32.1 Å². The van der Waals surface area contributed by atoms with Gasteiger partial charge in [-0.3, -0.25) is 0 Å². The molecule has 2 nitrogen and oxygen atoms in total. The minimum absolute atomic E-state index is 0.254. The van der Waals surface area contributed by atoms with Crippen LogP contribution in [0.3, 0.4) is 0 Å². The first-order valence-corrected chi connectivity index (χ1v) is 6.95. The number of rotatable bonds is 4. The largest absolute Gasteiger partial charge is 0.310 e. The quantitative estimate of drug-likeness (QED) is 0.738. The number of nitriles is 1. The Kier molecular flexibility index (Phi) is 4.23. The maximum Gasteiger partial charge on any atom is 0.0672 e. The first kappa shape index (κ1) is 11.9. The number of nitrogens with one attached hydrogen (secondary N) is 1. The van der Waals surface area contributed by atoms with Crippen molar-refractivity contribution in [1.29, 1.82) is 5.26 Å². The zero-order valence-electron chi connectivity index (χ0n) is 10.4. The Hall–Kier alpha value is -0.550. The van der Waals surface area contributed by atoms with Gasteiger partial charge in [0.25, 0.3) is 0 Å². The molecule has 0 aromatic heterocycles. The summed E-state index contributed by atoms with van der Waals surface area (Å²) in [5.74, 6) is 1.23. The average molecular weight is 220 g/mol. The standard InChI is InChI=1S/C14H24N2/c1-11(9-12-7-8-12)16-14-6-4-2-3-5-13(14)10-15/h11-14,16H,2-9H2,1H3. The predicted molar refractivity (Wildman–Crippen MR) is 65.9 cm³/mol. The van der Waals surface area contributed by atoms with E-state index in [0.717, 1.165) is 12.3 Å². The zero-order valence-corrected chi connectivity index (χ0v) is 10.4. The highest BCUT2D eigenvalue weighted by Crippen LogP contribution is 2.34. The molecule has 0 spiro atoms. The molecule has 2 fully saturated rings. The highest BCUT2D eigenvalue weighted by Gasteiger charge is 2.28. The molecule has 2 heteroatoms. The van der Waals surface area contributed by atoms with Gasteiger partial charge in [-0.25, -0.2) is 0 Å². The van der Waals surface area contributed by atoms with Gasteiger partial charge in [0.15, 0.2) is 0 Å². The fourth-order valence-corrected chi connectivity index (χ4v) is 2.95. The minimum atomic E-state index is 0.254. The van der Waals surface area contributed by atoms with Crippen molar-refractivity contribution in [3.8, 4) is 6.07 Å². The zero-order chi connectivity index (χ0) is 11.4. The Morgan fingerprint density at radius 1 is 1.19 bits per heavy atom. The summed E-state index contributed by atoms with van der Waals surface area (Å²) in [6.45, 7) is 2.29. The van der Waals surface area contributed by atoms with E-state index in [0.29, 0.717) is 12.1 Å². The summed E-state index contributed by atoms with van der Waals surface area (Å²) < 4.78 is 0. The summed E-state index contributed by atoms with van der Waals surface area (Å²) in [5, 5.41) is 12.9. The van der Waals surface area contributed by atoms with Crippen LogP contribution >= 0.6 is 0 Å². The van der Waals surface area contributed by atoms with Gasteiger partial charge in [0.05, 0.1) is 12.0 Å². The van der Waals surface area contributed by atoms with Crippen LogP contribution in [0, 0.1) is 23.2 Å². The van der Waals surface area contributed by atoms with Crippen LogP contribution in [-0.4, -0.2) is 12.1 Å². The molecule has 0 bridgehead atoms. The van der Waals surface area contributed by atoms with E-state index in [-0.39, 0.29) is 5.92 Å². The van der Waals surface area contributed by atoms with Crippen molar-refractivity contribution in [2.75, 3.05) is 0 Å². The second-order valence-corrected chi connectivity index (χ2v) is 5.73. The molecule has 0 aromatic carbocycles. The van der Waals surface area contributed by atoms with Gasteiger partial charge in [-0.2, -0.15) is 5.26 Å². The van der Waals surface area contributed by atoms with Crippen LogP contribution < -0.4 is 5.32 Å². The van der Waals surface area contributed by atoms with E-state index in [4.69, 9.17) is 0 Å². The fraction of sp³-hybridized carbons (Fsp3) is 0.929. The van der Waals surface area contributed by atoms with E-state index in [1.165, 1.54) is 44.9 Å². The lowest BCUT2D eigenvalue weighted by Crippen LogP contribution is -2.41. The van der Waals surface area contributed by atoms with Gasteiger partial charge in [-0.1, -0.05) is 32.1 Å². The van der Waals surface area contributed by atoms with E-state index in [1.54, 1.807) is 0 Å². The van der Waals surface area contributed by atoms with E-state index in [1.807, 2.05) is 0 Å². The smallest absolute Gasteiger partial charge is 0.0672 e. The van der Waals surface area contributed by atoms with Crippen molar-refractivity contribution >= 4 is 0 Å². The third-order valence-corrected chi connectivity index (χ3v) is 4.06. The van der Waals surface area contributed by atoms with Gasteiger partial charge in [0.1, 0.15) is 0 Å². The summed E-state index contributed by atoms with van der Waals surface area (Å²) in [5.41, 5.74) is 0. The van der Waals surface area contributed by atoms with Crippen LogP contribution in [0.5, 0.6) is 0 Å². The molecule has 0 heterocycles. The maximum absolute atomic E-state index is 9.20. The number of hydrogen-bond donors (Lipinski definition) is 1. The normalized spacial score (nSPS) is 32.8. The molecule has 90 valence electrons. The van der Waals surface area contributed by atoms with E-state index < -0.39 is 0 Å². The Bertz CT molecular complexity index is 252. The number of nitrogens with zero attached hydrogens (tertiary/aromatic N) is 1. The van der Waals surface area contributed by atoms with Gasteiger partial charge < -0.3 is 5.32 Å². The molecular weight excluding hydrogens is 196 g/mol. The molecule has 0 amide bonds. The molecular formula is C14H24N2. The molecule has 0 radical (unpaired) electrons. The molecule has 16 heavy (non-hydrogen) atoms. The Labute approximate surface area is 99.4 Å². The van der Waals surface area contributed by atoms with Crippen molar-refractivity contribution in [2.45, 2.75) is 70.4 Å². The maximum atomic E-state index is 9.20. The topological polar surface area (TPSA) is 35.8 Å². The van der Waals surface area contributed by atoms with Crippen LogP contribution in [0.25, 0.3) is 0 Å². The van der Waals surface area contributed by atoms with Crippen LogP contribution in [0.4, 0.5) is 0 Å². The van der Waals surface area contributed by atoms with Crippen molar-refractivity contribution in [1.82, 2.24) is 5.32 Å². The highest BCUT2D eigenvalue weighted by molar-refractivity contribution is 4.94. The van der Waals surface area contributed by atoms with Crippen LogP contribution in [0.2, 0.25) is 0 Å². The highest BCUT2D eigenvalue weighted by atomic mass is 15.0. The Balaban J connectivity index is 1.81. The van der Waals surface area contributed by atoms with Gasteiger partial charge >= 0.3 is 0 Å². The molecule has 3 atom stereocenters. The summed E-state index contributed by atoms with van der Waals surface area (Å²) in [6.07, 6.45) is 10.3. The molecule has 1 N–H and O–H groups in total. The fourth-order valence-electron chi connectivity index (χ4n) is 2.95. The monoisotopic (exact) mass is 220 g/mol. The average Bonchev–Trinajstić information content (AvgIpc) is 3.06. The summed E-state index contributed by atoms with van der Waals surface area (Å²) in [6, 6.07) is 3.57. The minimum Gasteiger partial charge on any atom is -0.310 e. The second kappa shape index (κ2) is 5.68. The predicted octanol–water partition coefficient (Wildman–Crippen LogP) is 3.24. The third kappa shape index (κ3) is 3.49. The summed E-state index contributed by atoms with van der Waals surface area (Å²) >= 11 is 0. The van der Waals surface area contributed by atoms with Gasteiger partial charge in [0.2, 0.25) is 0 Å². The summed E-state index contributed by atoms with van der Waals surface area (Å²) in [4.78, 5) is 0. The first-order chi connectivity index (χ1) is 7.79. The van der Waals surface area contributed by atoms with Crippen LogP contribution in [0.1, 0.15) is 58.3 Å². The van der Waals surface area contributed by atoms with Crippen LogP contribution in [0.15, 0.2) is 0 Å². The van der Waals surface area contributed by atoms with Crippen molar-refractivity contribution in [3.05, 3.63) is 0 Å². The second-order valence-electron chi connectivity index (χ2n) is 5.73. The first-order valence-electron chi connectivity index (χ1n) is 6.95. The van der Waals surface area contributed by atoms with E-state index in [2.05, 4.69) is 18.3 Å². The van der Waals surface area contributed by atoms with E-state index in [9.17, 15) is 5.26 Å². The third-order valence-electron chi connectivity index (χ3n) is 4.06. The molecule has 2 aliphatic carbocycles. The lowest BCUT2D eigenvalue weighted by atomic mass is 9.95. The van der Waals surface area contributed by atoms with Crippen molar-refractivity contribution < 1.29 is 0 Å². The van der Waals surface area contributed by atoms with Crippen molar-refractivity contribution in [3.63, 3.8) is 0 Å². The van der Waals surface area contributed by atoms with E-state index >= 15 is 0 Å². The SMILES string of the molecule is CC(CC1CC1)NC1CCCCCC1C#N. The van der Waals surface area contributed by atoms with Gasteiger partial charge in [0, 0.05) is 12.1 Å². The lowest BCUT2D eigenvalue weighted by molar-refractivity contribution is 0.342. The van der Waals surface area contributed by atoms with Crippen molar-refractivity contribution in [2.24, 2.45) is 11.8 Å². The molecule has 2 saturated carbocycles.